The first-order valence-electron chi connectivity index (χ1n) is 7.62. The van der Waals surface area contributed by atoms with Gasteiger partial charge < -0.3 is 10.2 Å². The van der Waals surface area contributed by atoms with E-state index in [1.165, 1.54) is 11.3 Å². The number of carbonyl (C=O) groups is 1. The molecule has 0 bridgehead atoms. The van der Waals surface area contributed by atoms with Gasteiger partial charge in [0.05, 0.1) is 5.75 Å². The molecular weight excluding hydrogens is 280 g/mol. The van der Waals surface area contributed by atoms with Crippen molar-refractivity contribution in [3.8, 4) is 0 Å². The maximum atomic E-state index is 11.8. The van der Waals surface area contributed by atoms with E-state index in [0.29, 0.717) is 18.3 Å². The lowest BCUT2D eigenvalue weighted by molar-refractivity contribution is -0.118. The number of nitrogens with zero attached hydrogens (tertiary/aromatic N) is 1. The van der Waals surface area contributed by atoms with Crippen LogP contribution in [0.5, 0.6) is 0 Å². The zero-order valence-electron chi connectivity index (χ0n) is 13.5. The Morgan fingerprint density at radius 2 is 2.10 bits per heavy atom. The molecule has 0 spiro atoms. The van der Waals surface area contributed by atoms with Crippen LogP contribution < -0.4 is 10.2 Å². The molecule has 1 aromatic carbocycles. The molecule has 1 aliphatic rings. The van der Waals surface area contributed by atoms with Crippen LogP contribution in [0.25, 0.3) is 0 Å². The lowest BCUT2D eigenvalue weighted by Gasteiger charge is -2.25. The molecule has 0 saturated carbocycles. The highest BCUT2D eigenvalue weighted by Gasteiger charge is 2.24. The van der Waals surface area contributed by atoms with Gasteiger partial charge in [-0.2, -0.15) is 0 Å². The predicted octanol–water partition coefficient (Wildman–Crippen LogP) is 3.09. The largest absolute Gasteiger partial charge is 0.367 e. The molecule has 0 aliphatic carbocycles. The first kappa shape index (κ1) is 16.2. The summed E-state index contributed by atoms with van der Waals surface area (Å²) < 4.78 is 0.139. The first-order chi connectivity index (χ1) is 9.87. The van der Waals surface area contributed by atoms with Gasteiger partial charge >= 0.3 is 0 Å². The van der Waals surface area contributed by atoms with E-state index in [0.717, 1.165) is 13.0 Å². The van der Waals surface area contributed by atoms with Crippen molar-refractivity contribution >= 4 is 23.4 Å². The molecule has 2 rings (SSSR count). The predicted molar refractivity (Wildman–Crippen MR) is 92.2 cm³/mol. The van der Waals surface area contributed by atoms with Crippen molar-refractivity contribution in [2.45, 2.75) is 44.9 Å². The molecule has 0 aromatic heterocycles. The molecule has 0 radical (unpaired) electrons. The number of nitrogens with one attached hydrogen (secondary N) is 1. The highest BCUT2D eigenvalue weighted by atomic mass is 32.2. The fraction of sp³-hybridized carbons (Fsp3) is 0.588. The minimum absolute atomic E-state index is 0.134. The molecule has 1 amide bonds. The van der Waals surface area contributed by atoms with Gasteiger partial charge in [-0.05, 0) is 25.0 Å². The molecule has 1 atom stereocenters. The van der Waals surface area contributed by atoms with Crippen molar-refractivity contribution in [3.05, 3.63) is 29.8 Å². The highest BCUT2D eigenvalue weighted by Crippen LogP contribution is 2.31. The molecule has 3 nitrogen and oxygen atoms in total. The zero-order chi connectivity index (χ0) is 15.5. The van der Waals surface area contributed by atoms with Crippen molar-refractivity contribution < 1.29 is 4.79 Å². The van der Waals surface area contributed by atoms with Crippen molar-refractivity contribution in [2.75, 3.05) is 23.7 Å². The normalized spacial score (nSPS) is 17.7. The number of benzene rings is 1. The number of rotatable bonds is 5. The van der Waals surface area contributed by atoms with E-state index < -0.39 is 0 Å². The number of carbonyl (C=O) groups excluding carboxylic acids is 1. The zero-order valence-corrected chi connectivity index (χ0v) is 14.3. The van der Waals surface area contributed by atoms with Gasteiger partial charge in [0, 0.05) is 29.6 Å². The quantitative estimate of drug-likeness (QED) is 0.907. The molecule has 0 saturated heterocycles. The van der Waals surface area contributed by atoms with Crippen molar-refractivity contribution in [3.63, 3.8) is 0 Å². The van der Waals surface area contributed by atoms with Crippen molar-refractivity contribution in [1.82, 2.24) is 5.32 Å². The number of hydrogen-bond donors (Lipinski definition) is 1. The van der Waals surface area contributed by atoms with Crippen LogP contribution in [0.2, 0.25) is 0 Å². The number of amides is 1. The van der Waals surface area contributed by atoms with E-state index in [1.807, 2.05) is 0 Å². The molecule has 0 fully saturated rings. The minimum Gasteiger partial charge on any atom is -0.367 e. The molecule has 4 heteroatoms. The number of fused-ring (bicyclic) bond motifs is 1. The Kier molecular flexibility index (Phi) is 5.20. The van der Waals surface area contributed by atoms with E-state index >= 15 is 0 Å². The van der Waals surface area contributed by atoms with Crippen LogP contribution in [0.3, 0.4) is 0 Å². The monoisotopic (exact) mass is 306 g/mol. The summed E-state index contributed by atoms with van der Waals surface area (Å²) in [5.41, 5.74) is 2.74. The summed E-state index contributed by atoms with van der Waals surface area (Å²) in [5, 5.41) is 3.03. The molecule has 1 N–H and O–H groups in total. The second-order valence-corrected chi connectivity index (χ2v) is 8.43. The van der Waals surface area contributed by atoms with Crippen LogP contribution in [0, 0.1) is 0 Å². The van der Waals surface area contributed by atoms with Crippen LogP contribution in [-0.4, -0.2) is 35.5 Å². The Hall–Kier alpha value is -1.16. The Bertz CT molecular complexity index is 496. The van der Waals surface area contributed by atoms with E-state index in [9.17, 15) is 4.79 Å². The minimum atomic E-state index is 0.134. The molecule has 1 aliphatic heterocycles. The molecule has 21 heavy (non-hydrogen) atoms. The van der Waals surface area contributed by atoms with Gasteiger partial charge in [0.25, 0.3) is 0 Å². The molecule has 116 valence electrons. The smallest absolute Gasteiger partial charge is 0.230 e. The van der Waals surface area contributed by atoms with Gasteiger partial charge in [0.15, 0.2) is 0 Å². The third-order valence-electron chi connectivity index (χ3n) is 3.66. The lowest BCUT2D eigenvalue weighted by Crippen LogP contribution is -2.38. The number of hydrogen-bond acceptors (Lipinski definition) is 3. The Morgan fingerprint density at radius 1 is 1.38 bits per heavy atom. The molecular formula is C17H26N2OS. The van der Waals surface area contributed by atoms with Gasteiger partial charge in [-0.1, -0.05) is 39.0 Å². The van der Waals surface area contributed by atoms with Crippen LogP contribution in [0.15, 0.2) is 24.3 Å². The summed E-state index contributed by atoms with van der Waals surface area (Å²) >= 11 is 1.69. The summed E-state index contributed by atoms with van der Waals surface area (Å²) in [4.78, 5) is 14.2. The number of anilines is 1. The maximum Gasteiger partial charge on any atom is 0.230 e. The first-order valence-corrected chi connectivity index (χ1v) is 8.60. The van der Waals surface area contributed by atoms with E-state index in [-0.39, 0.29) is 10.7 Å². The van der Waals surface area contributed by atoms with Gasteiger partial charge in [-0.25, -0.2) is 0 Å². The Morgan fingerprint density at radius 3 is 2.81 bits per heavy atom. The summed E-state index contributed by atoms with van der Waals surface area (Å²) in [5.74, 6) is 0.672. The van der Waals surface area contributed by atoms with Gasteiger partial charge in [-0.15, -0.1) is 11.8 Å². The number of thioether (sulfide) groups is 1. The van der Waals surface area contributed by atoms with Crippen molar-refractivity contribution in [1.29, 1.82) is 0 Å². The molecule has 1 heterocycles. The van der Waals surface area contributed by atoms with Crippen LogP contribution in [0.4, 0.5) is 5.69 Å². The SMILES string of the molecule is CC1Cc2ccccc2N1CCNC(=O)CSC(C)(C)C. The highest BCUT2D eigenvalue weighted by molar-refractivity contribution is 8.01. The second-order valence-electron chi connectivity index (χ2n) is 6.63. The average molecular weight is 306 g/mol. The summed E-state index contributed by atoms with van der Waals surface area (Å²) in [6, 6.07) is 9.08. The Balaban J connectivity index is 1.78. The van der Waals surface area contributed by atoms with Crippen LogP contribution in [0.1, 0.15) is 33.3 Å². The third-order valence-corrected chi connectivity index (χ3v) is 4.93. The van der Waals surface area contributed by atoms with Crippen LogP contribution >= 0.6 is 11.8 Å². The van der Waals surface area contributed by atoms with Gasteiger partial charge in [-0.3, -0.25) is 4.79 Å². The Labute approximate surface area is 132 Å². The van der Waals surface area contributed by atoms with Gasteiger partial charge in [0.1, 0.15) is 0 Å². The van der Waals surface area contributed by atoms with E-state index in [2.05, 4.69) is 62.2 Å². The summed E-state index contributed by atoms with van der Waals surface area (Å²) in [6.07, 6.45) is 1.10. The van der Waals surface area contributed by atoms with E-state index in [1.54, 1.807) is 11.8 Å². The summed E-state index contributed by atoms with van der Waals surface area (Å²) in [7, 11) is 0. The summed E-state index contributed by atoms with van der Waals surface area (Å²) in [6.45, 7) is 10.2. The maximum absolute atomic E-state index is 11.8. The van der Waals surface area contributed by atoms with Crippen LogP contribution in [-0.2, 0) is 11.2 Å². The fourth-order valence-corrected chi connectivity index (χ4v) is 3.29. The standard InChI is InChI=1S/C17H26N2OS/c1-13-11-14-7-5-6-8-15(14)19(13)10-9-18-16(20)12-21-17(2,3)4/h5-8,13H,9-12H2,1-4H3,(H,18,20). The van der Waals surface area contributed by atoms with Crippen molar-refractivity contribution in [2.24, 2.45) is 0 Å². The lowest BCUT2D eigenvalue weighted by atomic mass is 10.1. The van der Waals surface area contributed by atoms with Gasteiger partial charge in [0.2, 0.25) is 5.91 Å². The second kappa shape index (κ2) is 6.73. The fourth-order valence-electron chi connectivity index (χ4n) is 2.62. The molecule has 1 unspecified atom stereocenters. The topological polar surface area (TPSA) is 32.3 Å². The third kappa shape index (κ3) is 4.67. The molecule has 1 aromatic rings. The average Bonchev–Trinajstić information content (AvgIpc) is 2.72. The van der Waals surface area contributed by atoms with E-state index in [4.69, 9.17) is 0 Å². The number of para-hydroxylation sites is 1.